The number of nitrogens with one attached hydrogen (secondary N) is 1. The summed E-state index contributed by atoms with van der Waals surface area (Å²) in [6.45, 7) is 1.87. The molecule has 0 aromatic heterocycles. The van der Waals surface area contributed by atoms with Gasteiger partial charge in [-0.3, -0.25) is 9.63 Å². The van der Waals surface area contributed by atoms with Crippen LogP contribution in [0.1, 0.15) is 41.6 Å². The minimum absolute atomic E-state index is 0.0249. The second-order valence-corrected chi connectivity index (χ2v) is 4.48. The van der Waals surface area contributed by atoms with Crippen molar-refractivity contribution in [3.8, 4) is 5.75 Å². The summed E-state index contributed by atoms with van der Waals surface area (Å²) in [4.78, 5) is 17.1. The number of hydrogen-bond acceptors (Lipinski definition) is 3. The summed E-state index contributed by atoms with van der Waals surface area (Å²) < 4.78 is 0. The fraction of sp³-hybridized carbons (Fsp3) is 0.462. The van der Waals surface area contributed by atoms with Crippen LogP contribution >= 0.6 is 0 Å². The monoisotopic (exact) mass is 235 g/mol. The molecule has 1 aromatic carbocycles. The van der Waals surface area contributed by atoms with E-state index in [9.17, 15) is 9.90 Å². The van der Waals surface area contributed by atoms with Gasteiger partial charge in [0, 0.05) is 0 Å². The highest BCUT2D eigenvalue weighted by Gasteiger charge is 2.18. The quantitative estimate of drug-likeness (QED) is 0.790. The molecule has 0 saturated heterocycles. The summed E-state index contributed by atoms with van der Waals surface area (Å²) in [6.07, 6.45) is 4.39. The van der Waals surface area contributed by atoms with Crippen LogP contribution < -0.4 is 5.48 Å². The highest BCUT2D eigenvalue weighted by atomic mass is 16.7. The van der Waals surface area contributed by atoms with Crippen LogP contribution in [0.3, 0.4) is 0 Å². The molecule has 1 aromatic rings. The van der Waals surface area contributed by atoms with Gasteiger partial charge in [-0.25, -0.2) is 5.48 Å². The van der Waals surface area contributed by atoms with E-state index in [4.69, 9.17) is 4.84 Å². The third kappa shape index (κ3) is 2.97. The molecule has 2 rings (SSSR count). The summed E-state index contributed by atoms with van der Waals surface area (Å²) >= 11 is 0. The van der Waals surface area contributed by atoms with Gasteiger partial charge in [-0.05, 0) is 31.9 Å². The van der Waals surface area contributed by atoms with Crippen molar-refractivity contribution < 1.29 is 14.7 Å². The van der Waals surface area contributed by atoms with Crippen molar-refractivity contribution in [2.45, 2.75) is 38.7 Å². The van der Waals surface area contributed by atoms with Crippen LogP contribution in [-0.4, -0.2) is 17.1 Å². The molecule has 0 heterocycles. The number of aromatic hydroxyl groups is 1. The lowest BCUT2D eigenvalue weighted by molar-refractivity contribution is -0.0126. The largest absolute Gasteiger partial charge is 0.507 e. The van der Waals surface area contributed by atoms with E-state index in [2.05, 4.69) is 5.48 Å². The van der Waals surface area contributed by atoms with Gasteiger partial charge in [0.05, 0.1) is 11.7 Å². The molecule has 0 spiro atoms. The first-order valence-electron chi connectivity index (χ1n) is 5.92. The van der Waals surface area contributed by atoms with Gasteiger partial charge >= 0.3 is 0 Å². The Morgan fingerprint density at radius 1 is 1.41 bits per heavy atom. The van der Waals surface area contributed by atoms with Crippen LogP contribution in [0, 0.1) is 6.92 Å². The molecule has 4 nitrogen and oxygen atoms in total. The van der Waals surface area contributed by atoms with Crippen LogP contribution in [0.15, 0.2) is 18.2 Å². The molecule has 1 fully saturated rings. The number of hydrogen-bond donors (Lipinski definition) is 2. The van der Waals surface area contributed by atoms with Crippen molar-refractivity contribution in [3.63, 3.8) is 0 Å². The SMILES string of the molecule is Cc1ccc(O)c(C(=O)NOC2CCCC2)c1. The Balaban J connectivity index is 1.96. The Hall–Kier alpha value is -1.55. The summed E-state index contributed by atoms with van der Waals surface area (Å²) in [5, 5.41) is 9.58. The zero-order valence-corrected chi connectivity index (χ0v) is 9.90. The lowest BCUT2D eigenvalue weighted by Gasteiger charge is -2.12. The number of phenolic OH excluding ortho intramolecular Hbond substituents is 1. The summed E-state index contributed by atoms with van der Waals surface area (Å²) in [5.74, 6) is -0.416. The van der Waals surface area contributed by atoms with Gasteiger partial charge in [0.2, 0.25) is 0 Å². The Labute approximate surface area is 101 Å². The topological polar surface area (TPSA) is 58.6 Å². The molecule has 0 aliphatic heterocycles. The highest BCUT2D eigenvalue weighted by molar-refractivity contribution is 5.96. The summed E-state index contributed by atoms with van der Waals surface area (Å²) in [6, 6.07) is 4.91. The predicted octanol–water partition coefficient (Wildman–Crippen LogP) is 2.30. The third-order valence-corrected chi connectivity index (χ3v) is 3.02. The van der Waals surface area contributed by atoms with E-state index < -0.39 is 5.91 Å². The number of carbonyl (C=O) groups is 1. The molecule has 0 atom stereocenters. The van der Waals surface area contributed by atoms with Crippen LogP contribution in [0.25, 0.3) is 0 Å². The van der Waals surface area contributed by atoms with Crippen molar-refractivity contribution in [3.05, 3.63) is 29.3 Å². The normalized spacial score (nSPS) is 16.1. The van der Waals surface area contributed by atoms with Gasteiger partial charge < -0.3 is 5.11 Å². The van der Waals surface area contributed by atoms with Crippen molar-refractivity contribution in [1.29, 1.82) is 0 Å². The summed E-state index contributed by atoms with van der Waals surface area (Å²) in [7, 11) is 0. The number of amides is 1. The molecule has 2 N–H and O–H groups in total. The maximum atomic E-state index is 11.8. The van der Waals surface area contributed by atoms with Crippen LogP contribution in [0.5, 0.6) is 5.75 Å². The smallest absolute Gasteiger partial charge is 0.278 e. The summed E-state index contributed by atoms with van der Waals surface area (Å²) in [5.41, 5.74) is 3.59. The number of hydroxylamine groups is 1. The fourth-order valence-corrected chi connectivity index (χ4v) is 2.03. The molecule has 1 aliphatic rings. The second-order valence-electron chi connectivity index (χ2n) is 4.48. The van der Waals surface area contributed by atoms with E-state index in [1.54, 1.807) is 12.1 Å². The molecular weight excluding hydrogens is 218 g/mol. The van der Waals surface area contributed by atoms with Crippen LogP contribution in [-0.2, 0) is 4.84 Å². The van der Waals surface area contributed by atoms with Crippen LogP contribution in [0.2, 0.25) is 0 Å². The first kappa shape index (κ1) is 11.9. The molecule has 0 bridgehead atoms. The molecule has 1 aliphatic carbocycles. The molecule has 17 heavy (non-hydrogen) atoms. The number of phenols is 1. The average molecular weight is 235 g/mol. The Kier molecular flexibility index (Phi) is 3.64. The van der Waals surface area contributed by atoms with Crippen LogP contribution in [0.4, 0.5) is 0 Å². The minimum atomic E-state index is -0.391. The van der Waals surface area contributed by atoms with Gasteiger partial charge in [0.1, 0.15) is 5.75 Å². The van der Waals surface area contributed by atoms with Gasteiger partial charge in [-0.2, -0.15) is 0 Å². The predicted molar refractivity (Wildman–Crippen MR) is 63.7 cm³/mol. The number of rotatable bonds is 3. The Morgan fingerprint density at radius 2 is 2.12 bits per heavy atom. The number of aryl methyl sites for hydroxylation is 1. The number of benzene rings is 1. The first-order valence-corrected chi connectivity index (χ1v) is 5.92. The van der Waals surface area contributed by atoms with Crippen molar-refractivity contribution >= 4 is 5.91 Å². The Bertz CT molecular complexity index is 411. The van der Waals surface area contributed by atoms with E-state index in [0.29, 0.717) is 0 Å². The lowest BCUT2D eigenvalue weighted by Crippen LogP contribution is -2.28. The molecule has 0 radical (unpaired) electrons. The zero-order chi connectivity index (χ0) is 12.3. The molecule has 92 valence electrons. The molecule has 1 amide bonds. The van der Waals surface area contributed by atoms with E-state index >= 15 is 0 Å². The maximum Gasteiger partial charge on any atom is 0.278 e. The average Bonchev–Trinajstić information content (AvgIpc) is 2.82. The van der Waals surface area contributed by atoms with E-state index in [1.807, 2.05) is 6.92 Å². The van der Waals surface area contributed by atoms with Gasteiger partial charge in [-0.1, -0.05) is 24.5 Å². The van der Waals surface area contributed by atoms with E-state index in [-0.39, 0.29) is 17.4 Å². The first-order chi connectivity index (χ1) is 8.16. The number of carbonyl (C=O) groups excluding carboxylic acids is 1. The Morgan fingerprint density at radius 3 is 2.82 bits per heavy atom. The fourth-order valence-electron chi connectivity index (χ4n) is 2.03. The molecular formula is C13H17NO3. The molecule has 0 unspecified atom stereocenters. The molecule has 4 heteroatoms. The van der Waals surface area contributed by atoms with Crippen molar-refractivity contribution in [2.75, 3.05) is 0 Å². The second kappa shape index (κ2) is 5.19. The van der Waals surface area contributed by atoms with Gasteiger partial charge in [0.15, 0.2) is 0 Å². The molecule has 1 saturated carbocycles. The minimum Gasteiger partial charge on any atom is -0.507 e. The highest BCUT2D eigenvalue weighted by Crippen LogP contribution is 2.21. The van der Waals surface area contributed by atoms with E-state index in [1.165, 1.54) is 6.07 Å². The van der Waals surface area contributed by atoms with Gasteiger partial charge in [0.25, 0.3) is 5.91 Å². The maximum absolute atomic E-state index is 11.8. The zero-order valence-electron chi connectivity index (χ0n) is 9.90. The van der Waals surface area contributed by atoms with Crippen molar-refractivity contribution in [1.82, 2.24) is 5.48 Å². The standard InChI is InChI=1S/C13H17NO3/c1-9-6-7-12(15)11(8-9)13(16)14-17-10-4-2-3-5-10/h6-8,10,15H,2-5H2,1H3,(H,14,16). The third-order valence-electron chi connectivity index (χ3n) is 3.02. The van der Waals surface area contributed by atoms with Gasteiger partial charge in [-0.15, -0.1) is 0 Å². The van der Waals surface area contributed by atoms with Crippen molar-refractivity contribution in [2.24, 2.45) is 0 Å². The lowest BCUT2D eigenvalue weighted by atomic mass is 10.1. The van der Waals surface area contributed by atoms with E-state index in [0.717, 1.165) is 31.2 Å².